The highest BCUT2D eigenvalue weighted by molar-refractivity contribution is 6.26. The van der Waals surface area contributed by atoms with Crippen LogP contribution in [0.3, 0.4) is 0 Å². The molecule has 5 nitrogen and oxygen atoms in total. The normalized spacial score (nSPS) is 16.4. The zero-order valence-corrected chi connectivity index (χ0v) is 10.00. The first-order valence-electron chi connectivity index (χ1n) is 5.78. The summed E-state index contributed by atoms with van der Waals surface area (Å²) < 4.78 is 0. The number of aromatic hydroxyl groups is 2. The second-order valence-corrected chi connectivity index (χ2v) is 4.35. The van der Waals surface area contributed by atoms with E-state index < -0.39 is 11.7 Å². The summed E-state index contributed by atoms with van der Waals surface area (Å²) in [7, 11) is 0. The summed E-state index contributed by atoms with van der Waals surface area (Å²) in [5.41, 5.74) is 0.488. The lowest BCUT2D eigenvalue weighted by atomic mass is 9.99. The van der Waals surface area contributed by atoms with Crippen molar-refractivity contribution >= 4 is 23.4 Å². The second kappa shape index (κ2) is 5.06. The van der Waals surface area contributed by atoms with E-state index in [1.54, 1.807) is 0 Å². The van der Waals surface area contributed by atoms with Crippen molar-refractivity contribution in [3.05, 3.63) is 29.8 Å². The number of ketones is 3. The summed E-state index contributed by atoms with van der Waals surface area (Å²) in [5, 5.41) is 18.4. The summed E-state index contributed by atoms with van der Waals surface area (Å²) >= 11 is 0. The fraction of sp³-hybridized carbons (Fsp3) is 0.214. The molecule has 0 aromatic heterocycles. The minimum atomic E-state index is -1.16. The molecular weight excluding hydrogens is 248 g/mol. The van der Waals surface area contributed by atoms with Crippen molar-refractivity contribution < 1.29 is 24.6 Å². The molecule has 1 aliphatic rings. The Balaban J connectivity index is 2.14. The molecule has 1 fully saturated rings. The molecule has 1 saturated carbocycles. The van der Waals surface area contributed by atoms with Crippen molar-refractivity contribution in [3.8, 4) is 11.5 Å². The molecule has 1 aliphatic carbocycles. The van der Waals surface area contributed by atoms with Gasteiger partial charge in [-0.05, 0) is 23.8 Å². The molecule has 2 N–H and O–H groups in total. The number of benzene rings is 1. The Hall–Kier alpha value is -2.43. The quantitative estimate of drug-likeness (QED) is 0.484. The van der Waals surface area contributed by atoms with E-state index in [4.69, 9.17) is 5.11 Å². The lowest BCUT2D eigenvalue weighted by molar-refractivity contribution is -0.133. The van der Waals surface area contributed by atoms with Crippen LogP contribution in [0, 0.1) is 5.92 Å². The van der Waals surface area contributed by atoms with Crippen LogP contribution in [0.4, 0.5) is 0 Å². The maximum absolute atomic E-state index is 11.8. The Bertz CT molecular complexity index is 569. The van der Waals surface area contributed by atoms with Crippen molar-refractivity contribution in [2.45, 2.75) is 12.8 Å². The van der Waals surface area contributed by atoms with E-state index in [0.29, 0.717) is 5.56 Å². The predicted octanol–water partition coefficient (Wildman–Crippen LogP) is 1.23. The first-order valence-corrected chi connectivity index (χ1v) is 5.78. The number of hydrogen-bond acceptors (Lipinski definition) is 5. The highest BCUT2D eigenvalue weighted by Gasteiger charge is 2.37. The first kappa shape index (κ1) is 13.0. The van der Waals surface area contributed by atoms with E-state index in [2.05, 4.69) is 0 Å². The van der Waals surface area contributed by atoms with Crippen LogP contribution in [-0.4, -0.2) is 27.6 Å². The van der Waals surface area contributed by atoms with Crippen molar-refractivity contribution in [2.24, 2.45) is 5.92 Å². The molecule has 0 amide bonds. The number of hydrogen-bond donors (Lipinski definition) is 2. The van der Waals surface area contributed by atoms with Gasteiger partial charge in [-0.15, -0.1) is 0 Å². The zero-order valence-electron chi connectivity index (χ0n) is 10.00. The molecule has 0 radical (unpaired) electrons. The molecular formula is C14H12O5. The lowest BCUT2D eigenvalue weighted by Crippen LogP contribution is -2.23. The SMILES string of the molecule is O=C(C=Cc1ccc(O)c(O)c1)C1C(=O)CCC1=O. The van der Waals surface area contributed by atoms with E-state index >= 15 is 0 Å². The van der Waals surface area contributed by atoms with E-state index in [9.17, 15) is 19.5 Å². The van der Waals surface area contributed by atoms with Gasteiger partial charge in [0.2, 0.25) is 0 Å². The van der Waals surface area contributed by atoms with Crippen LogP contribution in [0.1, 0.15) is 18.4 Å². The maximum atomic E-state index is 11.8. The fourth-order valence-electron chi connectivity index (χ4n) is 1.95. The lowest BCUT2D eigenvalue weighted by Gasteiger charge is -2.01. The third kappa shape index (κ3) is 2.70. The third-order valence-corrected chi connectivity index (χ3v) is 2.99. The highest BCUT2D eigenvalue weighted by atomic mass is 16.3. The average Bonchev–Trinajstić information content (AvgIpc) is 2.70. The standard InChI is InChI=1S/C14H12O5/c15-9-3-1-8(7-13(9)19)2-4-10(16)14-11(17)5-6-12(14)18/h1-4,7,14-15,19H,5-6H2. The first-order chi connectivity index (χ1) is 8.99. The summed E-state index contributed by atoms with van der Waals surface area (Å²) in [4.78, 5) is 34.5. The van der Waals surface area contributed by atoms with E-state index in [1.807, 2.05) is 0 Å². The van der Waals surface area contributed by atoms with Gasteiger partial charge in [0.1, 0.15) is 5.92 Å². The molecule has 0 spiro atoms. The molecule has 0 saturated heterocycles. The number of rotatable bonds is 3. The maximum Gasteiger partial charge on any atom is 0.173 e. The summed E-state index contributed by atoms with van der Waals surface area (Å²) in [5.74, 6) is -2.95. The Morgan fingerprint density at radius 1 is 1.11 bits per heavy atom. The van der Waals surface area contributed by atoms with Gasteiger partial charge in [0, 0.05) is 12.8 Å². The molecule has 1 aromatic carbocycles. The molecule has 0 atom stereocenters. The number of allylic oxidation sites excluding steroid dienone is 1. The van der Waals surface area contributed by atoms with E-state index in [1.165, 1.54) is 24.3 Å². The van der Waals surface area contributed by atoms with Crippen LogP contribution in [-0.2, 0) is 14.4 Å². The van der Waals surface area contributed by atoms with Crippen LogP contribution in [0.2, 0.25) is 0 Å². The number of Topliss-reactive ketones (excluding diaryl/α,β-unsaturated/α-hetero) is 2. The summed E-state index contributed by atoms with van der Waals surface area (Å²) in [6, 6.07) is 4.06. The van der Waals surface area contributed by atoms with Gasteiger partial charge in [-0.1, -0.05) is 12.1 Å². The topological polar surface area (TPSA) is 91.7 Å². The van der Waals surface area contributed by atoms with Gasteiger partial charge in [0.05, 0.1) is 0 Å². The summed E-state index contributed by atoms with van der Waals surface area (Å²) in [6.07, 6.45) is 2.80. The molecule has 2 rings (SSSR count). The van der Waals surface area contributed by atoms with Gasteiger partial charge < -0.3 is 10.2 Å². The van der Waals surface area contributed by atoms with Gasteiger partial charge >= 0.3 is 0 Å². The van der Waals surface area contributed by atoms with Gasteiger partial charge in [-0.3, -0.25) is 14.4 Å². The van der Waals surface area contributed by atoms with Crippen LogP contribution in [0.25, 0.3) is 6.08 Å². The largest absolute Gasteiger partial charge is 0.504 e. The van der Waals surface area contributed by atoms with E-state index in [-0.39, 0.29) is 35.9 Å². The van der Waals surface area contributed by atoms with Crippen molar-refractivity contribution in [2.75, 3.05) is 0 Å². The molecule has 1 aromatic rings. The molecule has 98 valence electrons. The van der Waals surface area contributed by atoms with E-state index in [0.717, 1.165) is 6.08 Å². The average molecular weight is 260 g/mol. The monoisotopic (exact) mass is 260 g/mol. The highest BCUT2D eigenvalue weighted by Crippen LogP contribution is 2.25. The Kier molecular flexibility index (Phi) is 3.46. The molecule has 19 heavy (non-hydrogen) atoms. The van der Waals surface area contributed by atoms with Crippen LogP contribution in [0.15, 0.2) is 24.3 Å². The molecule has 0 heterocycles. The summed E-state index contributed by atoms with van der Waals surface area (Å²) in [6.45, 7) is 0. The molecule has 5 heteroatoms. The third-order valence-electron chi connectivity index (χ3n) is 2.99. The molecule has 0 bridgehead atoms. The minimum Gasteiger partial charge on any atom is -0.504 e. The number of carbonyl (C=O) groups excluding carboxylic acids is 3. The van der Waals surface area contributed by atoms with Crippen LogP contribution < -0.4 is 0 Å². The van der Waals surface area contributed by atoms with Crippen molar-refractivity contribution in [1.29, 1.82) is 0 Å². The van der Waals surface area contributed by atoms with Crippen molar-refractivity contribution in [3.63, 3.8) is 0 Å². The van der Waals surface area contributed by atoms with Gasteiger partial charge in [-0.25, -0.2) is 0 Å². The fourth-order valence-corrected chi connectivity index (χ4v) is 1.95. The number of phenolic OH excluding ortho intramolecular Hbond substituents is 2. The zero-order chi connectivity index (χ0) is 14.0. The molecule has 0 unspecified atom stereocenters. The predicted molar refractivity (Wildman–Crippen MR) is 66.6 cm³/mol. The van der Waals surface area contributed by atoms with Crippen molar-refractivity contribution in [1.82, 2.24) is 0 Å². The minimum absolute atomic E-state index is 0.128. The molecule has 0 aliphatic heterocycles. The van der Waals surface area contributed by atoms with Crippen LogP contribution in [0.5, 0.6) is 11.5 Å². The van der Waals surface area contributed by atoms with Gasteiger partial charge in [0.25, 0.3) is 0 Å². The second-order valence-electron chi connectivity index (χ2n) is 4.35. The Morgan fingerprint density at radius 2 is 1.74 bits per heavy atom. The Morgan fingerprint density at radius 3 is 2.32 bits per heavy atom. The number of carbonyl (C=O) groups is 3. The van der Waals surface area contributed by atoms with Gasteiger partial charge in [-0.2, -0.15) is 0 Å². The number of phenols is 2. The Labute approximate surface area is 109 Å². The van der Waals surface area contributed by atoms with Gasteiger partial charge in [0.15, 0.2) is 28.8 Å². The smallest absolute Gasteiger partial charge is 0.173 e. The van der Waals surface area contributed by atoms with Crippen LogP contribution >= 0.6 is 0 Å².